The Kier molecular flexibility index (Phi) is 9.03. The molecule has 1 aliphatic heterocycles. The number of nitrogens with two attached hydrogens (primary N) is 1. The molecule has 2 fully saturated rings. The molecule has 4 unspecified atom stereocenters. The number of hydrogen-bond acceptors (Lipinski definition) is 7. The molecule has 196 valence electrons. The molecule has 2 bridgehead atoms. The molecule has 4 atom stereocenters. The molecular formula is C25H34Cl2FN7O. The Bertz CT molecular complexity index is 1110. The molecule has 2 aliphatic carbocycles. The van der Waals surface area contributed by atoms with E-state index in [1.807, 2.05) is 18.2 Å². The number of halogens is 3. The largest absolute Gasteiger partial charge is 0.382 e. The fraction of sp³-hybridized carbons (Fsp3) is 0.480. The summed E-state index contributed by atoms with van der Waals surface area (Å²) in [5, 5.41) is 9.96. The van der Waals surface area contributed by atoms with E-state index in [0.29, 0.717) is 6.04 Å². The van der Waals surface area contributed by atoms with Gasteiger partial charge in [-0.1, -0.05) is 12.2 Å². The van der Waals surface area contributed by atoms with Crippen molar-refractivity contribution in [2.24, 2.45) is 23.5 Å². The zero-order chi connectivity index (χ0) is 23.8. The molecule has 5 rings (SSSR count). The van der Waals surface area contributed by atoms with E-state index < -0.39 is 5.82 Å². The van der Waals surface area contributed by atoms with E-state index in [0.717, 1.165) is 55.5 Å². The Morgan fingerprint density at radius 1 is 1.14 bits per heavy atom. The summed E-state index contributed by atoms with van der Waals surface area (Å²) < 4.78 is 14.5. The summed E-state index contributed by atoms with van der Waals surface area (Å²) in [6.07, 6.45) is 8.36. The molecular weight excluding hydrogens is 504 g/mol. The quantitative estimate of drug-likeness (QED) is 0.393. The van der Waals surface area contributed by atoms with E-state index in [2.05, 4.69) is 56.9 Å². The zero-order valence-electron chi connectivity index (χ0n) is 20.4. The maximum absolute atomic E-state index is 14.5. The second kappa shape index (κ2) is 11.6. The van der Waals surface area contributed by atoms with Crippen LogP contribution in [0.1, 0.15) is 24.8 Å². The number of fused-ring (bicyclic) bond motifs is 2. The van der Waals surface area contributed by atoms with Crippen LogP contribution < -0.4 is 21.7 Å². The minimum atomic E-state index is -0.561. The number of piperidine rings is 1. The molecule has 1 saturated heterocycles. The van der Waals surface area contributed by atoms with E-state index in [-0.39, 0.29) is 66.3 Å². The number of aryl methyl sites for hydroxylation is 1. The fourth-order valence-corrected chi connectivity index (χ4v) is 5.50. The number of aromatic nitrogens is 2. The van der Waals surface area contributed by atoms with Crippen LogP contribution in [0.15, 0.2) is 36.5 Å². The number of hydrogen-bond donors (Lipinski definition) is 4. The van der Waals surface area contributed by atoms with Crippen LogP contribution in [0.25, 0.3) is 0 Å². The molecule has 1 aromatic heterocycles. The van der Waals surface area contributed by atoms with Gasteiger partial charge in [0, 0.05) is 23.5 Å². The molecule has 5 N–H and O–H groups in total. The maximum Gasteiger partial charge on any atom is 0.229 e. The molecule has 8 nitrogen and oxygen atoms in total. The third kappa shape index (κ3) is 5.85. The van der Waals surface area contributed by atoms with Crippen LogP contribution in [0.5, 0.6) is 0 Å². The number of nitrogens with zero attached hydrogens (tertiary/aromatic N) is 3. The molecule has 11 heteroatoms. The van der Waals surface area contributed by atoms with Crippen molar-refractivity contribution in [3.05, 3.63) is 47.9 Å². The minimum absolute atomic E-state index is 0. The predicted molar refractivity (Wildman–Crippen MR) is 146 cm³/mol. The summed E-state index contributed by atoms with van der Waals surface area (Å²) in [6, 6.07) is 6.26. The first-order valence-electron chi connectivity index (χ1n) is 12.0. The second-order valence-electron chi connectivity index (χ2n) is 9.81. The Morgan fingerprint density at radius 2 is 1.86 bits per heavy atom. The molecule has 0 radical (unpaired) electrons. The summed E-state index contributed by atoms with van der Waals surface area (Å²) in [5.74, 6) is -0.692. The summed E-state index contributed by atoms with van der Waals surface area (Å²) >= 11 is 0. The van der Waals surface area contributed by atoms with Gasteiger partial charge in [-0.25, -0.2) is 9.37 Å². The van der Waals surface area contributed by atoms with Gasteiger partial charge in [0.1, 0.15) is 0 Å². The van der Waals surface area contributed by atoms with Gasteiger partial charge in [-0.05, 0) is 81.9 Å². The molecule has 36 heavy (non-hydrogen) atoms. The van der Waals surface area contributed by atoms with E-state index in [9.17, 15) is 9.18 Å². The van der Waals surface area contributed by atoms with Crippen LogP contribution in [-0.4, -0.2) is 53.0 Å². The van der Waals surface area contributed by atoms with Crippen LogP contribution in [0, 0.1) is 30.5 Å². The van der Waals surface area contributed by atoms with Gasteiger partial charge in [-0.3, -0.25) is 4.79 Å². The second-order valence-corrected chi connectivity index (χ2v) is 9.81. The summed E-state index contributed by atoms with van der Waals surface area (Å²) in [5.41, 5.74) is 8.68. The lowest BCUT2D eigenvalue weighted by molar-refractivity contribution is -0.122. The molecule has 3 aliphatic rings. The minimum Gasteiger partial charge on any atom is -0.382 e. The Labute approximate surface area is 223 Å². The van der Waals surface area contributed by atoms with Gasteiger partial charge < -0.3 is 26.6 Å². The van der Waals surface area contributed by atoms with Crippen LogP contribution in [0.4, 0.5) is 27.5 Å². The number of primary amides is 1. The van der Waals surface area contributed by atoms with Crippen LogP contribution >= 0.6 is 24.8 Å². The van der Waals surface area contributed by atoms with E-state index in [1.165, 1.54) is 0 Å². The van der Waals surface area contributed by atoms with E-state index in [1.54, 1.807) is 0 Å². The van der Waals surface area contributed by atoms with Crippen molar-refractivity contribution in [1.82, 2.24) is 14.9 Å². The topological polar surface area (TPSA) is 108 Å². The van der Waals surface area contributed by atoms with Gasteiger partial charge in [0.05, 0.1) is 12.1 Å². The number of benzene rings is 1. The third-order valence-corrected chi connectivity index (χ3v) is 7.40. The van der Waals surface area contributed by atoms with Crippen molar-refractivity contribution in [2.45, 2.75) is 38.3 Å². The summed E-state index contributed by atoms with van der Waals surface area (Å²) in [6.45, 7) is 4.27. The van der Waals surface area contributed by atoms with Gasteiger partial charge in [0.25, 0.3) is 0 Å². The van der Waals surface area contributed by atoms with Gasteiger partial charge in [-0.2, -0.15) is 4.98 Å². The average Bonchev–Trinajstić information content (AvgIpc) is 3.41. The fourth-order valence-electron chi connectivity index (χ4n) is 5.50. The standard InChI is InChI=1S/C25H32FN7O.2ClH/c1-14-11-18(5-6-20(14)29-17-7-9-33(2)10-8-17)30-25-28-13-19(26)24(32-25)31-22-16-4-3-15(12-16)21(22)23(27)34;;/h3-6,11,13,15-17,21-22,29H,7-10,12H2,1-2H3,(H2,27,34)(H2,28,30,31,32);2*1H. The Morgan fingerprint density at radius 3 is 2.56 bits per heavy atom. The van der Waals surface area contributed by atoms with Crippen molar-refractivity contribution in [2.75, 3.05) is 36.1 Å². The van der Waals surface area contributed by atoms with E-state index in [4.69, 9.17) is 5.73 Å². The SMILES string of the molecule is Cc1cc(Nc2ncc(F)c(NC3C4C=CC(C4)C3C(N)=O)n2)ccc1NC1CCN(C)CC1.Cl.Cl. The Hall–Kier alpha value is -2.62. The first-order chi connectivity index (χ1) is 16.4. The number of nitrogens with one attached hydrogen (secondary N) is 3. The van der Waals surface area contributed by atoms with Crippen molar-refractivity contribution in [3.63, 3.8) is 0 Å². The van der Waals surface area contributed by atoms with Crippen molar-refractivity contribution in [3.8, 4) is 0 Å². The normalized spacial score (nSPS) is 25.1. The van der Waals surface area contributed by atoms with Gasteiger partial charge >= 0.3 is 0 Å². The highest BCUT2D eigenvalue weighted by Gasteiger charge is 2.47. The number of allylic oxidation sites excluding steroid dienone is 1. The van der Waals surface area contributed by atoms with Crippen LogP contribution in [0.3, 0.4) is 0 Å². The Balaban J connectivity index is 0.00000180. The summed E-state index contributed by atoms with van der Waals surface area (Å²) in [4.78, 5) is 22.8. The van der Waals surface area contributed by atoms with Gasteiger partial charge in [-0.15, -0.1) is 24.8 Å². The number of carbonyl (C=O) groups is 1. The molecule has 1 saturated carbocycles. The number of rotatable bonds is 7. The average molecular weight is 538 g/mol. The highest BCUT2D eigenvalue weighted by molar-refractivity contribution is 5.85. The van der Waals surface area contributed by atoms with Gasteiger partial charge in [0.15, 0.2) is 11.6 Å². The number of anilines is 4. The van der Waals surface area contributed by atoms with Crippen molar-refractivity contribution < 1.29 is 9.18 Å². The number of carbonyl (C=O) groups excluding carboxylic acids is 1. The van der Waals surface area contributed by atoms with Gasteiger partial charge in [0.2, 0.25) is 11.9 Å². The number of likely N-dealkylation sites (tertiary alicyclic amines) is 1. The highest BCUT2D eigenvalue weighted by Crippen LogP contribution is 2.44. The lowest BCUT2D eigenvalue weighted by atomic mass is 9.88. The maximum atomic E-state index is 14.5. The monoisotopic (exact) mass is 537 g/mol. The van der Waals surface area contributed by atoms with Crippen molar-refractivity contribution in [1.29, 1.82) is 0 Å². The molecule has 2 aromatic rings. The number of amides is 1. The first kappa shape index (κ1) is 28.0. The highest BCUT2D eigenvalue weighted by atomic mass is 35.5. The predicted octanol–water partition coefficient (Wildman–Crippen LogP) is 4.11. The summed E-state index contributed by atoms with van der Waals surface area (Å²) in [7, 11) is 2.16. The molecule has 0 spiro atoms. The lowest BCUT2D eigenvalue weighted by Gasteiger charge is -2.30. The molecule has 1 amide bonds. The van der Waals surface area contributed by atoms with Crippen LogP contribution in [-0.2, 0) is 4.79 Å². The lowest BCUT2D eigenvalue weighted by Crippen LogP contribution is -2.41. The smallest absolute Gasteiger partial charge is 0.229 e. The molecule has 2 heterocycles. The third-order valence-electron chi connectivity index (χ3n) is 7.40. The van der Waals surface area contributed by atoms with Crippen LogP contribution in [0.2, 0.25) is 0 Å². The molecule has 1 aromatic carbocycles. The van der Waals surface area contributed by atoms with Crippen molar-refractivity contribution >= 4 is 53.9 Å². The van der Waals surface area contributed by atoms with E-state index >= 15 is 0 Å². The zero-order valence-corrected chi connectivity index (χ0v) is 22.0. The first-order valence-corrected chi connectivity index (χ1v) is 12.0.